The summed E-state index contributed by atoms with van der Waals surface area (Å²) < 4.78 is 5.31. The second-order valence-corrected chi connectivity index (χ2v) is 5.57. The molecule has 7 nitrogen and oxygen atoms in total. The molecular weight excluding hydrogens is 250 g/mol. The molecule has 3 amide bonds. The third-order valence-corrected chi connectivity index (χ3v) is 2.65. The van der Waals surface area contributed by atoms with Crippen LogP contribution in [0.15, 0.2) is 0 Å². The smallest absolute Gasteiger partial charge is 0.323 e. The first-order chi connectivity index (χ1) is 8.69. The van der Waals surface area contributed by atoms with E-state index in [4.69, 9.17) is 10.5 Å². The molecule has 0 unspecified atom stereocenters. The highest BCUT2D eigenvalue weighted by Gasteiger charge is 2.35. The van der Waals surface area contributed by atoms with Crippen molar-refractivity contribution < 1.29 is 19.1 Å². The van der Waals surface area contributed by atoms with Crippen molar-refractivity contribution in [1.29, 1.82) is 0 Å². The Morgan fingerprint density at radius 1 is 1.37 bits per heavy atom. The molecule has 1 saturated heterocycles. The number of likely N-dealkylation sites (tertiary alicyclic amines) is 1. The first-order valence-corrected chi connectivity index (χ1v) is 6.25. The molecule has 7 heteroatoms. The molecule has 19 heavy (non-hydrogen) atoms. The lowest BCUT2D eigenvalue weighted by Crippen LogP contribution is -2.47. The number of amides is 3. The third kappa shape index (κ3) is 5.25. The van der Waals surface area contributed by atoms with Crippen LogP contribution in [0.4, 0.5) is 4.79 Å². The van der Waals surface area contributed by atoms with Crippen LogP contribution in [0.2, 0.25) is 0 Å². The van der Waals surface area contributed by atoms with E-state index in [0.29, 0.717) is 13.0 Å². The van der Waals surface area contributed by atoms with Crippen LogP contribution in [-0.4, -0.2) is 47.5 Å². The zero-order valence-electron chi connectivity index (χ0n) is 11.6. The number of imide groups is 1. The van der Waals surface area contributed by atoms with Gasteiger partial charge in [-0.25, -0.2) is 4.79 Å². The lowest BCUT2D eigenvalue weighted by atomic mass is 10.1. The minimum absolute atomic E-state index is 0.0349. The van der Waals surface area contributed by atoms with E-state index in [9.17, 15) is 14.4 Å². The number of nitrogens with zero attached hydrogens (tertiary/aromatic N) is 1. The monoisotopic (exact) mass is 271 g/mol. The van der Waals surface area contributed by atoms with Crippen molar-refractivity contribution in [3.63, 3.8) is 0 Å². The highest BCUT2D eigenvalue weighted by Crippen LogP contribution is 2.20. The van der Waals surface area contributed by atoms with Crippen LogP contribution < -0.4 is 11.1 Å². The summed E-state index contributed by atoms with van der Waals surface area (Å²) in [5, 5.41) is 1.98. The minimum Gasteiger partial charge on any atom is -0.459 e. The van der Waals surface area contributed by atoms with Gasteiger partial charge in [-0.15, -0.1) is 0 Å². The molecule has 0 aromatic carbocycles. The van der Waals surface area contributed by atoms with E-state index in [1.165, 1.54) is 0 Å². The number of primary amides is 1. The molecule has 0 saturated carbocycles. The van der Waals surface area contributed by atoms with Gasteiger partial charge in [0.2, 0.25) is 5.91 Å². The maximum absolute atomic E-state index is 12.0. The number of hydrogen-bond donors (Lipinski definition) is 2. The Kier molecular flexibility index (Phi) is 4.88. The standard InChI is InChI=1S/C12H21N3O4/c1-12(2,3)19-10(17)8-5-4-6-15(8)7-9(16)14-11(13)18/h8H,4-7H2,1-3H3,(H3,13,14,16,18)/t8-/m1/s1. The van der Waals surface area contributed by atoms with Crippen molar-refractivity contribution in [3.8, 4) is 0 Å². The number of carbonyl (C=O) groups excluding carboxylic acids is 3. The summed E-state index contributed by atoms with van der Waals surface area (Å²) in [7, 11) is 0. The van der Waals surface area contributed by atoms with Gasteiger partial charge in [0.25, 0.3) is 0 Å². The first kappa shape index (κ1) is 15.4. The number of carbonyl (C=O) groups is 3. The van der Waals surface area contributed by atoms with Crippen molar-refractivity contribution >= 4 is 17.9 Å². The molecule has 1 rings (SSSR count). The van der Waals surface area contributed by atoms with Crippen LogP contribution in [-0.2, 0) is 14.3 Å². The molecule has 108 valence electrons. The summed E-state index contributed by atoms with van der Waals surface area (Å²) in [4.78, 5) is 35.7. The highest BCUT2D eigenvalue weighted by atomic mass is 16.6. The van der Waals surface area contributed by atoms with E-state index in [0.717, 1.165) is 6.42 Å². The van der Waals surface area contributed by atoms with Crippen LogP contribution in [0.1, 0.15) is 33.6 Å². The number of nitrogens with two attached hydrogens (primary N) is 1. The summed E-state index contributed by atoms with van der Waals surface area (Å²) >= 11 is 0. The number of nitrogens with one attached hydrogen (secondary N) is 1. The van der Waals surface area contributed by atoms with Crippen LogP contribution in [0, 0.1) is 0 Å². The van der Waals surface area contributed by atoms with E-state index in [1.807, 2.05) is 5.32 Å². The van der Waals surface area contributed by atoms with E-state index < -0.39 is 23.6 Å². The third-order valence-electron chi connectivity index (χ3n) is 2.65. The van der Waals surface area contributed by atoms with Gasteiger partial charge in [-0.05, 0) is 40.2 Å². The van der Waals surface area contributed by atoms with Gasteiger partial charge in [0.05, 0.1) is 6.54 Å². The van der Waals surface area contributed by atoms with Gasteiger partial charge in [0, 0.05) is 0 Å². The normalized spacial score (nSPS) is 20.1. The Labute approximate surface area is 112 Å². The zero-order valence-corrected chi connectivity index (χ0v) is 11.6. The molecule has 1 fully saturated rings. The van der Waals surface area contributed by atoms with E-state index in [1.54, 1.807) is 25.7 Å². The number of urea groups is 1. The van der Waals surface area contributed by atoms with E-state index in [2.05, 4.69) is 0 Å². The number of hydrogen-bond acceptors (Lipinski definition) is 5. The second-order valence-electron chi connectivity index (χ2n) is 5.57. The fourth-order valence-electron chi connectivity index (χ4n) is 2.01. The lowest BCUT2D eigenvalue weighted by molar-refractivity contribution is -0.160. The van der Waals surface area contributed by atoms with E-state index in [-0.39, 0.29) is 12.5 Å². The molecule has 0 bridgehead atoms. The SMILES string of the molecule is CC(C)(C)OC(=O)[C@H]1CCCN1CC(=O)NC(N)=O. The fourth-order valence-corrected chi connectivity index (χ4v) is 2.01. The minimum atomic E-state index is -0.891. The molecule has 3 N–H and O–H groups in total. The summed E-state index contributed by atoms with van der Waals surface area (Å²) in [6, 6.07) is -1.32. The Bertz CT molecular complexity index is 376. The first-order valence-electron chi connectivity index (χ1n) is 6.25. The summed E-state index contributed by atoms with van der Waals surface area (Å²) in [6.07, 6.45) is 1.46. The molecule has 0 aromatic heterocycles. The van der Waals surface area contributed by atoms with Gasteiger partial charge >= 0.3 is 12.0 Å². The van der Waals surface area contributed by atoms with Gasteiger partial charge < -0.3 is 10.5 Å². The maximum Gasteiger partial charge on any atom is 0.323 e. The maximum atomic E-state index is 12.0. The van der Waals surface area contributed by atoms with Crippen molar-refractivity contribution in [2.45, 2.75) is 45.3 Å². The molecule has 1 heterocycles. The zero-order chi connectivity index (χ0) is 14.6. The van der Waals surface area contributed by atoms with Gasteiger partial charge in [-0.2, -0.15) is 0 Å². The summed E-state index contributed by atoms with van der Waals surface area (Å²) in [5.74, 6) is -0.847. The van der Waals surface area contributed by atoms with Crippen LogP contribution >= 0.6 is 0 Å². The summed E-state index contributed by atoms with van der Waals surface area (Å²) in [5.41, 5.74) is 4.31. The van der Waals surface area contributed by atoms with Crippen molar-refractivity contribution in [1.82, 2.24) is 10.2 Å². The van der Waals surface area contributed by atoms with Crippen molar-refractivity contribution in [3.05, 3.63) is 0 Å². The number of esters is 1. The summed E-state index contributed by atoms with van der Waals surface area (Å²) in [6.45, 7) is 5.97. The van der Waals surface area contributed by atoms with Crippen LogP contribution in [0.25, 0.3) is 0 Å². The van der Waals surface area contributed by atoms with E-state index >= 15 is 0 Å². The van der Waals surface area contributed by atoms with Crippen molar-refractivity contribution in [2.75, 3.05) is 13.1 Å². The van der Waals surface area contributed by atoms with Gasteiger partial charge in [-0.3, -0.25) is 19.8 Å². The molecule has 1 aliphatic heterocycles. The Hall–Kier alpha value is -1.63. The van der Waals surface area contributed by atoms with Gasteiger partial charge in [-0.1, -0.05) is 0 Å². The molecule has 0 aliphatic carbocycles. The predicted octanol–water partition coefficient (Wildman–Crippen LogP) is -0.0126. The Balaban J connectivity index is 2.56. The quantitative estimate of drug-likeness (QED) is 0.703. The molecular formula is C12H21N3O4. The average Bonchev–Trinajstić information content (AvgIpc) is 2.61. The topological polar surface area (TPSA) is 102 Å². The largest absolute Gasteiger partial charge is 0.459 e. The molecule has 1 aliphatic rings. The average molecular weight is 271 g/mol. The van der Waals surface area contributed by atoms with Crippen LogP contribution in [0.5, 0.6) is 0 Å². The van der Waals surface area contributed by atoms with Gasteiger partial charge in [0.1, 0.15) is 11.6 Å². The van der Waals surface area contributed by atoms with Gasteiger partial charge in [0.15, 0.2) is 0 Å². The van der Waals surface area contributed by atoms with Crippen molar-refractivity contribution in [2.24, 2.45) is 5.73 Å². The molecule has 1 atom stereocenters. The fraction of sp³-hybridized carbons (Fsp3) is 0.750. The number of rotatable bonds is 3. The Morgan fingerprint density at radius 2 is 2.00 bits per heavy atom. The molecule has 0 radical (unpaired) electrons. The molecule has 0 spiro atoms. The second kappa shape index (κ2) is 6.01. The lowest BCUT2D eigenvalue weighted by Gasteiger charge is -2.26. The number of ether oxygens (including phenoxy) is 1. The molecule has 0 aromatic rings. The Morgan fingerprint density at radius 3 is 2.53 bits per heavy atom. The van der Waals surface area contributed by atoms with Crippen LogP contribution in [0.3, 0.4) is 0 Å². The highest BCUT2D eigenvalue weighted by molar-refractivity contribution is 5.94. The predicted molar refractivity (Wildman–Crippen MR) is 68.2 cm³/mol.